The second kappa shape index (κ2) is 8.09. The number of hydrogen-bond donors (Lipinski definition) is 1. The lowest BCUT2D eigenvalue weighted by Crippen LogP contribution is -2.43. The monoisotopic (exact) mass is 358 g/mol. The summed E-state index contributed by atoms with van der Waals surface area (Å²) in [5.41, 5.74) is 0.385. The van der Waals surface area contributed by atoms with E-state index in [1.807, 2.05) is 0 Å². The number of ether oxygens (including phenoxy) is 1. The van der Waals surface area contributed by atoms with Gasteiger partial charge in [0, 0.05) is 5.57 Å². The Morgan fingerprint density at radius 3 is 2.30 bits per heavy atom. The van der Waals surface area contributed by atoms with Crippen LogP contribution in [0.4, 0.5) is 0 Å². The Hall–Kier alpha value is -0.436. The summed E-state index contributed by atoms with van der Waals surface area (Å²) in [6.45, 7) is 16.5. The van der Waals surface area contributed by atoms with Gasteiger partial charge in [-0.25, -0.2) is 4.79 Å². The molecule has 23 heavy (non-hydrogen) atoms. The first-order valence-corrected chi connectivity index (χ1v) is 15.2. The van der Waals surface area contributed by atoms with Gasteiger partial charge in [0.25, 0.3) is 0 Å². The highest BCUT2D eigenvalue weighted by molar-refractivity contribution is 6.84. The SMILES string of the molecule is C=C(C)C(=O)OC1CCC(CC[Si](C)(C)O[Si](C)(C)C)CC1O. The molecule has 1 N–H and O–H groups in total. The normalized spacial score (nSPS) is 26.0. The largest absolute Gasteiger partial charge is 0.456 e. The van der Waals surface area contributed by atoms with Crippen molar-refractivity contribution in [2.75, 3.05) is 0 Å². The Bertz CT molecular complexity index is 429. The molecule has 0 amide bonds. The van der Waals surface area contributed by atoms with Crippen molar-refractivity contribution in [3.8, 4) is 0 Å². The molecule has 4 nitrogen and oxygen atoms in total. The first-order chi connectivity index (χ1) is 10.4. The molecular weight excluding hydrogens is 324 g/mol. The summed E-state index contributed by atoms with van der Waals surface area (Å²) in [5.74, 6) is 0.103. The molecule has 1 aliphatic rings. The summed E-state index contributed by atoms with van der Waals surface area (Å²) in [6.07, 6.45) is 2.62. The van der Waals surface area contributed by atoms with E-state index in [0.29, 0.717) is 17.9 Å². The molecule has 3 atom stereocenters. The molecule has 0 spiro atoms. The van der Waals surface area contributed by atoms with Gasteiger partial charge in [-0.15, -0.1) is 0 Å². The van der Waals surface area contributed by atoms with Gasteiger partial charge in [0.05, 0.1) is 6.10 Å². The van der Waals surface area contributed by atoms with Gasteiger partial charge in [0.15, 0.2) is 16.6 Å². The van der Waals surface area contributed by atoms with Crippen LogP contribution < -0.4 is 0 Å². The Morgan fingerprint density at radius 2 is 1.83 bits per heavy atom. The van der Waals surface area contributed by atoms with Crippen LogP contribution in [0.25, 0.3) is 0 Å². The second-order valence-electron chi connectivity index (χ2n) is 8.48. The third-order valence-corrected chi connectivity index (χ3v) is 10.4. The Morgan fingerprint density at radius 1 is 1.22 bits per heavy atom. The van der Waals surface area contributed by atoms with Crippen LogP contribution >= 0.6 is 0 Å². The molecule has 0 bridgehead atoms. The molecule has 1 rings (SSSR count). The van der Waals surface area contributed by atoms with Gasteiger partial charge in [-0.3, -0.25) is 0 Å². The maximum atomic E-state index is 11.6. The van der Waals surface area contributed by atoms with E-state index in [9.17, 15) is 9.90 Å². The highest BCUT2D eigenvalue weighted by Crippen LogP contribution is 2.32. The summed E-state index contributed by atoms with van der Waals surface area (Å²) in [4.78, 5) is 11.6. The molecule has 0 aliphatic heterocycles. The van der Waals surface area contributed by atoms with Crippen LogP contribution in [-0.2, 0) is 13.6 Å². The first kappa shape index (κ1) is 20.6. The van der Waals surface area contributed by atoms with Crippen LogP contribution in [-0.4, -0.2) is 39.9 Å². The predicted octanol–water partition coefficient (Wildman–Crippen LogP) is 4.08. The molecule has 0 aromatic carbocycles. The molecular formula is C17H34O4Si2. The van der Waals surface area contributed by atoms with Crippen LogP contribution in [0.1, 0.15) is 32.6 Å². The van der Waals surface area contributed by atoms with Crippen molar-refractivity contribution in [2.24, 2.45) is 5.92 Å². The minimum absolute atomic E-state index is 0.376. The predicted molar refractivity (Wildman–Crippen MR) is 99.4 cm³/mol. The van der Waals surface area contributed by atoms with Gasteiger partial charge in [0.2, 0.25) is 0 Å². The van der Waals surface area contributed by atoms with Crippen molar-refractivity contribution in [2.45, 2.75) is 83.6 Å². The van der Waals surface area contributed by atoms with Crippen LogP contribution in [0.15, 0.2) is 12.2 Å². The zero-order valence-electron chi connectivity index (χ0n) is 15.6. The average molecular weight is 359 g/mol. The molecule has 0 radical (unpaired) electrons. The van der Waals surface area contributed by atoms with Gasteiger partial charge >= 0.3 is 5.97 Å². The van der Waals surface area contributed by atoms with Gasteiger partial charge in [-0.2, -0.15) is 0 Å². The molecule has 0 heterocycles. The summed E-state index contributed by atoms with van der Waals surface area (Å²) in [6, 6.07) is 1.13. The van der Waals surface area contributed by atoms with E-state index in [2.05, 4.69) is 39.3 Å². The van der Waals surface area contributed by atoms with Crippen LogP contribution in [0.5, 0.6) is 0 Å². The standard InChI is InChI=1S/C17H34O4Si2/c1-13(2)17(19)20-16-9-8-14(12-15(16)18)10-11-23(6,7)21-22(3,4)5/h14-16,18H,1,8-12H2,2-7H3. The highest BCUT2D eigenvalue weighted by Gasteiger charge is 2.34. The van der Waals surface area contributed by atoms with Crippen LogP contribution in [0, 0.1) is 5.92 Å². The number of hydrogen-bond acceptors (Lipinski definition) is 4. The van der Waals surface area contributed by atoms with Gasteiger partial charge in [-0.05, 0) is 70.9 Å². The Kier molecular flexibility index (Phi) is 7.25. The molecule has 1 aliphatic carbocycles. The maximum absolute atomic E-state index is 11.6. The summed E-state index contributed by atoms with van der Waals surface area (Å²) < 4.78 is 11.7. The number of aliphatic hydroxyl groups is 1. The highest BCUT2D eigenvalue weighted by atomic mass is 28.4. The molecule has 6 heteroatoms. The third kappa shape index (κ3) is 7.78. The Labute approximate surface area is 143 Å². The molecule has 1 saturated carbocycles. The van der Waals surface area contributed by atoms with E-state index in [1.54, 1.807) is 6.92 Å². The van der Waals surface area contributed by atoms with Gasteiger partial charge in [0.1, 0.15) is 6.10 Å². The molecule has 0 saturated heterocycles. The van der Waals surface area contributed by atoms with Gasteiger partial charge in [-0.1, -0.05) is 13.0 Å². The van der Waals surface area contributed by atoms with Crippen LogP contribution in [0.2, 0.25) is 38.8 Å². The molecule has 1 fully saturated rings. The fourth-order valence-corrected chi connectivity index (χ4v) is 11.4. The van der Waals surface area contributed by atoms with E-state index in [1.165, 1.54) is 0 Å². The minimum atomic E-state index is -1.62. The molecule has 0 aromatic heterocycles. The number of carbonyl (C=O) groups is 1. The van der Waals surface area contributed by atoms with Crippen molar-refractivity contribution in [1.29, 1.82) is 0 Å². The quantitative estimate of drug-likeness (QED) is 0.423. The lowest BCUT2D eigenvalue weighted by molar-refractivity contribution is -0.154. The lowest BCUT2D eigenvalue weighted by Gasteiger charge is -2.36. The second-order valence-corrected chi connectivity index (χ2v) is 17.5. The minimum Gasteiger partial charge on any atom is -0.456 e. The summed E-state index contributed by atoms with van der Waals surface area (Å²) in [7, 11) is -3.11. The van der Waals surface area contributed by atoms with E-state index < -0.39 is 28.7 Å². The third-order valence-electron chi connectivity index (χ3n) is 4.21. The van der Waals surface area contributed by atoms with Crippen molar-refractivity contribution < 1.29 is 18.8 Å². The van der Waals surface area contributed by atoms with E-state index in [-0.39, 0.29) is 6.10 Å². The number of rotatable bonds is 7. The Balaban J connectivity index is 2.43. The van der Waals surface area contributed by atoms with E-state index in [4.69, 9.17) is 8.85 Å². The summed E-state index contributed by atoms with van der Waals surface area (Å²) >= 11 is 0. The first-order valence-electron chi connectivity index (χ1n) is 8.64. The van der Waals surface area contributed by atoms with Crippen molar-refractivity contribution in [3.63, 3.8) is 0 Å². The average Bonchev–Trinajstić information content (AvgIpc) is 2.36. The van der Waals surface area contributed by atoms with E-state index >= 15 is 0 Å². The van der Waals surface area contributed by atoms with Gasteiger partial charge < -0.3 is 14.0 Å². The van der Waals surface area contributed by atoms with E-state index in [0.717, 1.165) is 25.3 Å². The van der Waals surface area contributed by atoms with Crippen LogP contribution in [0.3, 0.4) is 0 Å². The number of aliphatic hydroxyl groups excluding tert-OH is 1. The number of carbonyl (C=O) groups excluding carboxylic acids is 1. The molecule has 134 valence electrons. The topological polar surface area (TPSA) is 55.8 Å². The van der Waals surface area contributed by atoms with Crippen molar-refractivity contribution in [1.82, 2.24) is 0 Å². The van der Waals surface area contributed by atoms with Crippen molar-refractivity contribution >= 4 is 22.6 Å². The fourth-order valence-electron chi connectivity index (χ4n) is 3.27. The zero-order chi connectivity index (χ0) is 17.8. The molecule has 0 aromatic rings. The molecule has 3 unspecified atom stereocenters. The van der Waals surface area contributed by atoms with Crippen molar-refractivity contribution in [3.05, 3.63) is 12.2 Å². The summed E-state index contributed by atoms with van der Waals surface area (Å²) in [5, 5.41) is 10.3. The lowest BCUT2D eigenvalue weighted by atomic mass is 9.84. The fraction of sp³-hybridized carbons (Fsp3) is 0.824. The smallest absolute Gasteiger partial charge is 0.333 e. The maximum Gasteiger partial charge on any atom is 0.333 e. The number of esters is 1. The zero-order valence-corrected chi connectivity index (χ0v) is 17.6.